The smallest absolute Gasteiger partial charge is 0.295 e. The zero-order valence-electron chi connectivity index (χ0n) is 4.63. The topological polar surface area (TPSA) is 54.4 Å². The second-order valence-electron chi connectivity index (χ2n) is 1.40. The molecule has 0 aliphatic rings. The van der Waals surface area contributed by atoms with Gasteiger partial charge in [-0.15, -0.1) is 0 Å². The molecule has 0 saturated heterocycles. The van der Waals surface area contributed by atoms with Crippen molar-refractivity contribution in [3.05, 3.63) is 0 Å². The van der Waals surface area contributed by atoms with Crippen LogP contribution >= 0.6 is 8.03 Å². The Morgan fingerprint density at radius 1 is 1.75 bits per heavy atom. The van der Waals surface area contributed by atoms with E-state index in [1.165, 1.54) is 0 Å². The van der Waals surface area contributed by atoms with Crippen LogP contribution in [0.25, 0.3) is 0 Å². The minimum absolute atomic E-state index is 0.159. The lowest BCUT2D eigenvalue weighted by atomic mass is 10.4. The Balaban J connectivity index is 3.40. The Bertz CT molecular complexity index is 110. The second kappa shape index (κ2) is 3.70. The Morgan fingerprint density at radius 3 is 2.38 bits per heavy atom. The summed E-state index contributed by atoms with van der Waals surface area (Å²) in [5.74, 6) is -0.159. The van der Waals surface area contributed by atoms with E-state index in [1.807, 2.05) is 0 Å². The first-order chi connectivity index (χ1) is 3.66. The predicted molar refractivity (Wildman–Crippen MR) is 30.0 cm³/mol. The van der Waals surface area contributed by atoms with Crippen LogP contribution in [0, 0.1) is 0 Å². The van der Waals surface area contributed by atoms with Crippen molar-refractivity contribution in [2.24, 2.45) is 0 Å². The second-order valence-corrected chi connectivity index (χ2v) is 2.42. The molecule has 0 heterocycles. The number of carbonyl (C=O) groups is 1. The first kappa shape index (κ1) is 7.73. The van der Waals surface area contributed by atoms with Gasteiger partial charge in [0, 0.05) is 6.42 Å². The van der Waals surface area contributed by atoms with Gasteiger partial charge >= 0.3 is 8.03 Å². The third-order valence-electron chi connectivity index (χ3n) is 0.706. The van der Waals surface area contributed by atoms with Crippen LogP contribution in [0.15, 0.2) is 0 Å². The van der Waals surface area contributed by atoms with Crippen molar-refractivity contribution in [1.29, 1.82) is 0 Å². The van der Waals surface area contributed by atoms with Gasteiger partial charge in [0.15, 0.2) is 5.78 Å². The maximum Gasteiger partial charge on any atom is 0.513 e. The molecule has 0 bridgehead atoms. The van der Waals surface area contributed by atoms with Crippen molar-refractivity contribution in [2.75, 3.05) is 6.16 Å². The van der Waals surface area contributed by atoms with E-state index in [4.69, 9.17) is 4.89 Å². The van der Waals surface area contributed by atoms with Gasteiger partial charge in [-0.05, 0) is 4.57 Å². The molecule has 0 aliphatic heterocycles. The predicted octanol–water partition coefficient (Wildman–Crippen LogP) is 0.700. The summed E-state index contributed by atoms with van der Waals surface area (Å²) < 4.78 is 9.90. The number of ketones is 1. The van der Waals surface area contributed by atoms with Crippen molar-refractivity contribution in [3.63, 3.8) is 0 Å². The zero-order chi connectivity index (χ0) is 6.57. The Morgan fingerprint density at radius 2 is 2.25 bits per heavy atom. The van der Waals surface area contributed by atoms with Crippen molar-refractivity contribution in [3.8, 4) is 0 Å². The molecular weight excluding hydrogens is 127 g/mol. The fourth-order valence-electron chi connectivity index (χ4n) is 0.263. The molecule has 0 aromatic heterocycles. The first-order valence-corrected chi connectivity index (χ1v) is 3.71. The highest BCUT2D eigenvalue weighted by Crippen LogP contribution is 2.11. The molecule has 1 unspecified atom stereocenters. The van der Waals surface area contributed by atoms with Gasteiger partial charge in [-0.25, -0.2) is 0 Å². The van der Waals surface area contributed by atoms with Crippen molar-refractivity contribution >= 4 is 13.8 Å². The molecule has 1 atom stereocenters. The van der Waals surface area contributed by atoms with Gasteiger partial charge in [0.2, 0.25) is 6.16 Å². The zero-order valence-corrected chi connectivity index (χ0v) is 5.52. The van der Waals surface area contributed by atoms with E-state index in [-0.39, 0.29) is 11.9 Å². The molecule has 0 radical (unpaired) electrons. The molecule has 1 N–H and O–H groups in total. The minimum atomic E-state index is -2.25. The average Bonchev–Trinajstić information content (AvgIpc) is 1.65. The van der Waals surface area contributed by atoms with Crippen LogP contribution in [0.3, 0.4) is 0 Å². The highest BCUT2D eigenvalue weighted by molar-refractivity contribution is 7.39. The van der Waals surface area contributed by atoms with Gasteiger partial charge in [-0.2, -0.15) is 4.89 Å². The summed E-state index contributed by atoms with van der Waals surface area (Å²) >= 11 is 0. The molecule has 46 valence electrons. The number of carbonyl (C=O) groups excluding carboxylic acids is 1. The summed E-state index contributed by atoms with van der Waals surface area (Å²) in [6.45, 7) is 1.67. The summed E-state index contributed by atoms with van der Waals surface area (Å²) in [7, 11) is -2.25. The molecule has 0 fully saturated rings. The Labute approximate surface area is 48.6 Å². The molecule has 0 saturated carbocycles. The van der Waals surface area contributed by atoms with Crippen LogP contribution in [0.4, 0.5) is 0 Å². The SMILES string of the molecule is CCC(=O)C[P+](=O)O. The molecule has 0 spiro atoms. The monoisotopic (exact) mass is 135 g/mol. The molecule has 0 rings (SSSR count). The average molecular weight is 135 g/mol. The maximum atomic E-state index is 10.3. The van der Waals surface area contributed by atoms with Gasteiger partial charge in [0.05, 0.1) is 0 Å². The van der Waals surface area contributed by atoms with Crippen molar-refractivity contribution in [1.82, 2.24) is 0 Å². The summed E-state index contributed by atoms with van der Waals surface area (Å²) in [5, 5.41) is 0. The van der Waals surface area contributed by atoms with Crippen LogP contribution in [0.2, 0.25) is 0 Å². The third kappa shape index (κ3) is 3.90. The maximum absolute atomic E-state index is 10.3. The van der Waals surface area contributed by atoms with Gasteiger partial charge in [0.1, 0.15) is 0 Å². The lowest BCUT2D eigenvalue weighted by Gasteiger charge is -1.77. The van der Waals surface area contributed by atoms with E-state index in [2.05, 4.69) is 0 Å². The highest BCUT2D eigenvalue weighted by atomic mass is 31.1. The van der Waals surface area contributed by atoms with Crippen LogP contribution in [-0.2, 0) is 9.36 Å². The first-order valence-electron chi connectivity index (χ1n) is 2.32. The largest absolute Gasteiger partial charge is 0.513 e. The standard InChI is InChI=1S/C4H7O3P/c1-2-4(5)3-8(6)7/h2-3H2,1H3/p+1. The summed E-state index contributed by atoms with van der Waals surface area (Å²) in [5.41, 5.74) is 0. The van der Waals surface area contributed by atoms with Crippen LogP contribution in [0.5, 0.6) is 0 Å². The van der Waals surface area contributed by atoms with E-state index in [9.17, 15) is 9.36 Å². The number of rotatable bonds is 3. The molecule has 4 heteroatoms. The third-order valence-corrected chi connectivity index (χ3v) is 1.33. The van der Waals surface area contributed by atoms with Gasteiger partial charge in [0.25, 0.3) is 0 Å². The molecule has 0 aromatic carbocycles. The van der Waals surface area contributed by atoms with E-state index >= 15 is 0 Å². The van der Waals surface area contributed by atoms with E-state index in [0.717, 1.165) is 0 Å². The van der Waals surface area contributed by atoms with Crippen LogP contribution in [0.1, 0.15) is 13.3 Å². The molecule has 3 nitrogen and oxygen atoms in total. The van der Waals surface area contributed by atoms with Crippen LogP contribution < -0.4 is 0 Å². The lowest BCUT2D eigenvalue weighted by molar-refractivity contribution is -0.116. The molecule has 0 aliphatic carbocycles. The summed E-state index contributed by atoms with van der Waals surface area (Å²) in [6, 6.07) is 0. The lowest BCUT2D eigenvalue weighted by Crippen LogP contribution is -1.96. The van der Waals surface area contributed by atoms with E-state index in [0.29, 0.717) is 6.42 Å². The van der Waals surface area contributed by atoms with Gasteiger partial charge in [-0.3, -0.25) is 4.79 Å². The normalized spacial score (nSPS) is 11.0. The highest BCUT2D eigenvalue weighted by Gasteiger charge is 2.14. The number of hydrogen-bond acceptors (Lipinski definition) is 2. The van der Waals surface area contributed by atoms with E-state index in [1.54, 1.807) is 6.92 Å². The summed E-state index contributed by atoms with van der Waals surface area (Å²) in [6.07, 6.45) is 0.160. The van der Waals surface area contributed by atoms with Gasteiger partial charge in [-0.1, -0.05) is 6.92 Å². The molecule has 8 heavy (non-hydrogen) atoms. The fourth-order valence-corrected chi connectivity index (χ4v) is 0.788. The molecular formula is C4H8O3P+. The van der Waals surface area contributed by atoms with Crippen molar-refractivity contribution < 1.29 is 14.3 Å². The van der Waals surface area contributed by atoms with E-state index < -0.39 is 8.03 Å². The number of Topliss-reactive ketones (excluding diaryl/α,β-unsaturated/α-hetero) is 1. The Hall–Kier alpha value is -0.270. The quantitative estimate of drug-likeness (QED) is 0.579. The summed E-state index contributed by atoms with van der Waals surface area (Å²) in [4.78, 5) is 18.4. The fraction of sp³-hybridized carbons (Fsp3) is 0.750. The minimum Gasteiger partial charge on any atom is -0.295 e. The number of hydrogen-bond donors (Lipinski definition) is 1. The Kier molecular flexibility index (Phi) is 3.57. The molecule has 0 amide bonds. The molecule has 0 aromatic rings. The van der Waals surface area contributed by atoms with Gasteiger partial charge < -0.3 is 0 Å². The van der Waals surface area contributed by atoms with Crippen LogP contribution in [-0.4, -0.2) is 16.8 Å². The van der Waals surface area contributed by atoms with Crippen molar-refractivity contribution in [2.45, 2.75) is 13.3 Å².